The summed E-state index contributed by atoms with van der Waals surface area (Å²) in [4.78, 5) is 12.5. The second-order valence-electron chi connectivity index (χ2n) is 5.62. The van der Waals surface area contributed by atoms with E-state index in [-0.39, 0.29) is 10.7 Å². The van der Waals surface area contributed by atoms with E-state index in [1.165, 1.54) is 16.7 Å². The van der Waals surface area contributed by atoms with Gasteiger partial charge in [0.2, 0.25) is 0 Å². The minimum absolute atomic E-state index is 0.0967. The summed E-state index contributed by atoms with van der Waals surface area (Å²) in [6.45, 7) is 4.34. The van der Waals surface area contributed by atoms with Crippen LogP contribution in [0, 0.1) is 5.92 Å². The van der Waals surface area contributed by atoms with Crippen molar-refractivity contribution >= 4 is 18.4 Å². The number of fused-ring (bicyclic) bond motifs is 2. The lowest BCUT2D eigenvalue weighted by atomic mass is 9.74. The first-order valence-corrected chi connectivity index (χ1v) is 6.78. The molecule has 3 rings (SSSR count). The summed E-state index contributed by atoms with van der Waals surface area (Å²) in [6.07, 6.45) is 7.91. The minimum Gasteiger partial charge on any atom is -0.294 e. The Morgan fingerprint density at radius 2 is 1.94 bits per heavy atom. The topological polar surface area (TPSA) is 17.1 Å². The number of carbonyl (C=O) groups is 1. The summed E-state index contributed by atoms with van der Waals surface area (Å²) in [6, 6.07) is 0. The fourth-order valence-corrected chi connectivity index (χ4v) is 4.17. The number of ketones is 1. The zero-order valence-electron chi connectivity index (χ0n) is 10.4. The second-order valence-corrected chi connectivity index (χ2v) is 6.42. The maximum atomic E-state index is 12.5. The van der Waals surface area contributed by atoms with E-state index in [1.807, 2.05) is 0 Å². The lowest BCUT2D eigenvalue weighted by molar-refractivity contribution is -0.119. The van der Waals surface area contributed by atoms with E-state index in [2.05, 4.69) is 26.0 Å². The molecular formula is C15H18OS. The van der Waals surface area contributed by atoms with E-state index in [0.29, 0.717) is 5.78 Å². The Bertz CT molecular complexity index is 495. The molecule has 3 aliphatic carbocycles. The predicted molar refractivity (Wildman–Crippen MR) is 73.2 cm³/mol. The summed E-state index contributed by atoms with van der Waals surface area (Å²) in [5.74, 6) is 0.464. The highest BCUT2D eigenvalue weighted by molar-refractivity contribution is 7.82. The quantitative estimate of drug-likeness (QED) is 0.510. The smallest absolute Gasteiger partial charge is 0.164 e. The lowest BCUT2D eigenvalue weighted by Gasteiger charge is -2.38. The van der Waals surface area contributed by atoms with Crippen molar-refractivity contribution in [3.8, 4) is 0 Å². The van der Waals surface area contributed by atoms with Crippen LogP contribution in [-0.4, -0.2) is 10.5 Å². The van der Waals surface area contributed by atoms with E-state index in [9.17, 15) is 4.79 Å². The zero-order valence-corrected chi connectivity index (χ0v) is 11.3. The number of hydrogen-bond donors (Lipinski definition) is 1. The molecule has 0 fully saturated rings. The van der Waals surface area contributed by atoms with Crippen LogP contribution in [0.4, 0.5) is 0 Å². The van der Waals surface area contributed by atoms with Crippen LogP contribution in [0.5, 0.6) is 0 Å². The number of allylic oxidation sites excluding steroid dienone is 5. The van der Waals surface area contributed by atoms with Gasteiger partial charge >= 0.3 is 0 Å². The third-order valence-corrected chi connectivity index (χ3v) is 5.40. The molecule has 2 atom stereocenters. The highest BCUT2D eigenvalue weighted by atomic mass is 32.1. The Morgan fingerprint density at radius 1 is 1.24 bits per heavy atom. The summed E-state index contributed by atoms with van der Waals surface area (Å²) < 4.78 is -0.180. The molecule has 90 valence electrons. The largest absolute Gasteiger partial charge is 0.294 e. The van der Waals surface area contributed by atoms with Crippen LogP contribution >= 0.6 is 12.6 Å². The van der Waals surface area contributed by atoms with E-state index in [1.54, 1.807) is 0 Å². The van der Waals surface area contributed by atoms with Crippen molar-refractivity contribution in [2.45, 2.75) is 44.3 Å². The Labute approximate surface area is 108 Å². The van der Waals surface area contributed by atoms with Crippen molar-refractivity contribution in [2.75, 3.05) is 0 Å². The van der Waals surface area contributed by atoms with Crippen LogP contribution in [0.2, 0.25) is 0 Å². The van der Waals surface area contributed by atoms with E-state index in [4.69, 9.17) is 12.6 Å². The van der Waals surface area contributed by atoms with Crippen molar-refractivity contribution < 1.29 is 4.79 Å². The Morgan fingerprint density at radius 3 is 2.71 bits per heavy atom. The number of rotatable bonds is 0. The maximum Gasteiger partial charge on any atom is 0.164 e. The van der Waals surface area contributed by atoms with Crippen molar-refractivity contribution in [1.29, 1.82) is 0 Å². The summed E-state index contributed by atoms with van der Waals surface area (Å²) in [7, 11) is 0. The monoisotopic (exact) mass is 246 g/mol. The molecule has 0 spiro atoms. The molecule has 0 aromatic heterocycles. The second kappa shape index (κ2) is 3.61. The zero-order chi connectivity index (χ0) is 12.2. The number of carbonyl (C=O) groups excluding carboxylic acids is 1. The van der Waals surface area contributed by atoms with Crippen LogP contribution in [0.15, 0.2) is 34.4 Å². The van der Waals surface area contributed by atoms with Gasteiger partial charge in [-0.1, -0.05) is 23.3 Å². The van der Waals surface area contributed by atoms with Crippen molar-refractivity contribution in [3.05, 3.63) is 34.4 Å². The van der Waals surface area contributed by atoms with Gasteiger partial charge in [-0.05, 0) is 45.1 Å². The van der Waals surface area contributed by atoms with E-state index in [0.717, 1.165) is 31.3 Å². The Balaban J connectivity index is 2.08. The van der Waals surface area contributed by atoms with Crippen molar-refractivity contribution in [2.24, 2.45) is 5.92 Å². The average Bonchev–Trinajstić information content (AvgIpc) is 2.52. The highest BCUT2D eigenvalue weighted by Crippen LogP contribution is 2.54. The fourth-order valence-electron chi connectivity index (χ4n) is 3.50. The third-order valence-electron chi connectivity index (χ3n) is 4.66. The van der Waals surface area contributed by atoms with Gasteiger partial charge in [-0.3, -0.25) is 4.79 Å². The average molecular weight is 246 g/mol. The highest BCUT2D eigenvalue weighted by Gasteiger charge is 2.52. The molecule has 3 aliphatic rings. The molecule has 0 aliphatic heterocycles. The first kappa shape index (κ1) is 11.3. The molecule has 0 saturated heterocycles. The first-order chi connectivity index (χ1) is 8.04. The molecule has 0 heterocycles. The first-order valence-electron chi connectivity index (χ1n) is 6.33. The fraction of sp³-hybridized carbons (Fsp3) is 0.533. The van der Waals surface area contributed by atoms with Gasteiger partial charge in [0.25, 0.3) is 0 Å². The van der Waals surface area contributed by atoms with Crippen LogP contribution in [0.3, 0.4) is 0 Å². The SMILES string of the molecule is CC1=C(C)CC2(S)C3=C(CC=CC3)C(=O)C2C1. The third kappa shape index (κ3) is 1.43. The van der Waals surface area contributed by atoms with Gasteiger partial charge in [0, 0.05) is 16.2 Å². The van der Waals surface area contributed by atoms with Gasteiger partial charge < -0.3 is 0 Å². The predicted octanol–water partition coefficient (Wildman–Crippen LogP) is 3.63. The molecule has 0 amide bonds. The molecule has 0 N–H and O–H groups in total. The molecule has 2 unspecified atom stereocenters. The van der Waals surface area contributed by atoms with Crippen LogP contribution < -0.4 is 0 Å². The van der Waals surface area contributed by atoms with Crippen LogP contribution in [-0.2, 0) is 4.79 Å². The number of hydrogen-bond acceptors (Lipinski definition) is 2. The molecule has 17 heavy (non-hydrogen) atoms. The van der Waals surface area contributed by atoms with E-state index >= 15 is 0 Å². The molecule has 0 radical (unpaired) electrons. The molecule has 2 heteroatoms. The molecule has 0 saturated carbocycles. The Hall–Kier alpha value is -0.760. The summed E-state index contributed by atoms with van der Waals surface area (Å²) >= 11 is 4.94. The van der Waals surface area contributed by atoms with E-state index < -0.39 is 0 Å². The lowest BCUT2D eigenvalue weighted by Crippen LogP contribution is -2.37. The van der Waals surface area contributed by atoms with Crippen molar-refractivity contribution in [1.82, 2.24) is 0 Å². The molecule has 0 aromatic carbocycles. The standard InChI is InChI=1S/C15H18OS/c1-9-7-13-14(16)11-5-3-4-6-12(11)15(13,17)8-10(9)2/h3-4,13,17H,5-8H2,1-2H3. The normalized spacial score (nSPS) is 36.4. The Kier molecular flexibility index (Phi) is 2.41. The summed E-state index contributed by atoms with van der Waals surface area (Å²) in [5.41, 5.74) is 5.19. The molecule has 0 bridgehead atoms. The summed E-state index contributed by atoms with van der Waals surface area (Å²) in [5, 5.41) is 0. The number of thiol groups is 1. The number of Topliss-reactive ketones (excluding diaryl/α,β-unsaturated/α-hetero) is 1. The van der Waals surface area contributed by atoms with Crippen LogP contribution in [0.1, 0.15) is 39.5 Å². The molecule has 0 aromatic rings. The van der Waals surface area contributed by atoms with Gasteiger partial charge in [-0.2, -0.15) is 12.6 Å². The molecule has 1 nitrogen and oxygen atoms in total. The van der Waals surface area contributed by atoms with Gasteiger partial charge in [0.15, 0.2) is 5.78 Å². The van der Waals surface area contributed by atoms with Gasteiger partial charge in [-0.25, -0.2) is 0 Å². The molecular weight excluding hydrogens is 228 g/mol. The van der Waals surface area contributed by atoms with Crippen LogP contribution in [0.25, 0.3) is 0 Å². The van der Waals surface area contributed by atoms with Gasteiger partial charge in [-0.15, -0.1) is 0 Å². The van der Waals surface area contributed by atoms with Crippen molar-refractivity contribution in [3.63, 3.8) is 0 Å². The minimum atomic E-state index is -0.180. The van der Waals surface area contributed by atoms with Gasteiger partial charge in [0.1, 0.15) is 0 Å². The maximum absolute atomic E-state index is 12.5. The van der Waals surface area contributed by atoms with Gasteiger partial charge in [0.05, 0.1) is 0 Å².